The van der Waals surface area contributed by atoms with Gasteiger partial charge in [-0.2, -0.15) is 0 Å². The first-order valence-corrected chi connectivity index (χ1v) is 4.86. The van der Waals surface area contributed by atoms with Crippen molar-refractivity contribution in [1.82, 2.24) is 10.2 Å². The monoisotopic (exact) mass is 168 g/mol. The molecule has 1 unspecified atom stereocenters. The van der Waals surface area contributed by atoms with Crippen LogP contribution in [0.4, 0.5) is 0 Å². The van der Waals surface area contributed by atoms with Crippen molar-refractivity contribution in [3.05, 3.63) is 12.2 Å². The second-order valence-electron chi connectivity index (χ2n) is 3.51. The smallest absolute Gasteiger partial charge is 0.0275 e. The number of hydrogen-bond donors (Lipinski definition) is 1. The molecule has 0 saturated carbocycles. The van der Waals surface area contributed by atoms with Crippen molar-refractivity contribution in [2.24, 2.45) is 0 Å². The fraction of sp³-hybridized carbons (Fsp3) is 0.800. The van der Waals surface area contributed by atoms with Crippen molar-refractivity contribution >= 4 is 0 Å². The maximum absolute atomic E-state index is 3.17. The topological polar surface area (TPSA) is 15.3 Å². The Hall–Kier alpha value is -0.340. The van der Waals surface area contributed by atoms with Gasteiger partial charge in [-0.1, -0.05) is 12.2 Å². The van der Waals surface area contributed by atoms with Gasteiger partial charge in [0.25, 0.3) is 0 Å². The van der Waals surface area contributed by atoms with E-state index in [1.165, 1.54) is 19.3 Å². The van der Waals surface area contributed by atoms with Gasteiger partial charge in [-0.15, -0.1) is 0 Å². The van der Waals surface area contributed by atoms with E-state index >= 15 is 0 Å². The van der Waals surface area contributed by atoms with Gasteiger partial charge in [-0.25, -0.2) is 0 Å². The zero-order valence-corrected chi connectivity index (χ0v) is 8.21. The minimum Gasteiger partial charge on any atom is -0.318 e. The molecule has 0 aromatic carbocycles. The Morgan fingerprint density at radius 2 is 2.42 bits per heavy atom. The summed E-state index contributed by atoms with van der Waals surface area (Å²) in [5, 5.41) is 3.17. The molecule has 70 valence electrons. The highest BCUT2D eigenvalue weighted by Crippen LogP contribution is 2.14. The molecule has 0 amide bonds. The molecule has 0 saturated heterocycles. The first-order valence-electron chi connectivity index (χ1n) is 4.86. The van der Waals surface area contributed by atoms with Gasteiger partial charge in [0.15, 0.2) is 0 Å². The van der Waals surface area contributed by atoms with Gasteiger partial charge in [-0.3, -0.25) is 4.90 Å². The molecule has 1 aliphatic rings. The van der Waals surface area contributed by atoms with Crippen LogP contribution in [-0.2, 0) is 0 Å². The van der Waals surface area contributed by atoms with E-state index in [0.29, 0.717) is 6.04 Å². The molecule has 2 nitrogen and oxygen atoms in total. The Balaban J connectivity index is 2.25. The summed E-state index contributed by atoms with van der Waals surface area (Å²) in [6, 6.07) is 0.687. The third kappa shape index (κ3) is 2.95. The maximum atomic E-state index is 3.17. The second-order valence-corrected chi connectivity index (χ2v) is 3.51. The number of allylic oxidation sites excluding steroid dienone is 1. The lowest BCUT2D eigenvalue weighted by Gasteiger charge is -2.27. The van der Waals surface area contributed by atoms with Gasteiger partial charge in [0, 0.05) is 19.1 Å². The van der Waals surface area contributed by atoms with E-state index < -0.39 is 0 Å². The van der Waals surface area contributed by atoms with Gasteiger partial charge in [0.2, 0.25) is 0 Å². The van der Waals surface area contributed by atoms with E-state index in [2.05, 4.69) is 29.4 Å². The summed E-state index contributed by atoms with van der Waals surface area (Å²) in [6.45, 7) is 2.23. The lowest BCUT2D eigenvalue weighted by Crippen LogP contribution is -2.35. The number of hydrogen-bond acceptors (Lipinski definition) is 2. The summed E-state index contributed by atoms with van der Waals surface area (Å²) in [6.07, 6.45) is 8.61. The summed E-state index contributed by atoms with van der Waals surface area (Å²) in [7, 11) is 4.21. The predicted molar refractivity (Wildman–Crippen MR) is 53.3 cm³/mol. The van der Waals surface area contributed by atoms with Crippen LogP contribution in [0.5, 0.6) is 0 Å². The van der Waals surface area contributed by atoms with Crippen molar-refractivity contribution in [1.29, 1.82) is 0 Å². The van der Waals surface area contributed by atoms with Gasteiger partial charge in [0.1, 0.15) is 0 Å². The van der Waals surface area contributed by atoms with E-state index in [4.69, 9.17) is 0 Å². The number of likely N-dealkylation sites (N-methyl/N-ethyl adjacent to an activating group) is 2. The van der Waals surface area contributed by atoms with E-state index in [9.17, 15) is 0 Å². The minimum atomic E-state index is 0.687. The highest BCUT2D eigenvalue weighted by atomic mass is 15.1. The van der Waals surface area contributed by atoms with Crippen molar-refractivity contribution in [3.63, 3.8) is 0 Å². The second kappa shape index (κ2) is 5.33. The Morgan fingerprint density at radius 1 is 1.58 bits per heavy atom. The van der Waals surface area contributed by atoms with Crippen LogP contribution in [0.25, 0.3) is 0 Å². The van der Waals surface area contributed by atoms with Crippen LogP contribution in [0, 0.1) is 0 Å². The van der Waals surface area contributed by atoms with Crippen molar-refractivity contribution in [2.75, 3.05) is 27.2 Å². The molecule has 0 aromatic heterocycles. The van der Waals surface area contributed by atoms with E-state index in [-0.39, 0.29) is 0 Å². The van der Waals surface area contributed by atoms with E-state index in [1.54, 1.807) is 0 Å². The fourth-order valence-electron chi connectivity index (χ4n) is 1.62. The molecule has 1 N–H and O–H groups in total. The average molecular weight is 168 g/mol. The Bertz CT molecular complexity index is 143. The molecular weight excluding hydrogens is 148 g/mol. The first-order chi connectivity index (χ1) is 5.84. The molecule has 0 aliphatic heterocycles. The Kier molecular flexibility index (Phi) is 4.33. The third-order valence-electron chi connectivity index (χ3n) is 2.51. The van der Waals surface area contributed by atoms with Crippen molar-refractivity contribution < 1.29 is 0 Å². The zero-order valence-electron chi connectivity index (χ0n) is 8.21. The van der Waals surface area contributed by atoms with Gasteiger partial charge >= 0.3 is 0 Å². The summed E-state index contributed by atoms with van der Waals surface area (Å²) in [4.78, 5) is 2.42. The average Bonchev–Trinajstić information content (AvgIpc) is 2.15. The lowest BCUT2D eigenvalue weighted by atomic mass is 10.0. The molecule has 0 aromatic rings. The zero-order chi connectivity index (χ0) is 8.81. The largest absolute Gasteiger partial charge is 0.318 e. The molecule has 0 radical (unpaired) electrons. The van der Waals surface area contributed by atoms with Crippen LogP contribution in [0.2, 0.25) is 0 Å². The van der Waals surface area contributed by atoms with Crippen LogP contribution in [0.15, 0.2) is 12.2 Å². The third-order valence-corrected chi connectivity index (χ3v) is 2.51. The van der Waals surface area contributed by atoms with Crippen LogP contribution in [-0.4, -0.2) is 38.1 Å². The molecule has 1 atom stereocenters. The lowest BCUT2D eigenvalue weighted by molar-refractivity contribution is 0.263. The summed E-state index contributed by atoms with van der Waals surface area (Å²) in [5.41, 5.74) is 0. The van der Waals surface area contributed by atoms with Crippen molar-refractivity contribution in [3.8, 4) is 0 Å². The number of nitrogens with zero attached hydrogens (tertiary/aromatic N) is 1. The highest BCUT2D eigenvalue weighted by Gasteiger charge is 2.12. The molecule has 0 heterocycles. The van der Waals surface area contributed by atoms with Crippen LogP contribution >= 0.6 is 0 Å². The van der Waals surface area contributed by atoms with Gasteiger partial charge in [0.05, 0.1) is 0 Å². The predicted octanol–water partition coefficient (Wildman–Crippen LogP) is 1.25. The highest BCUT2D eigenvalue weighted by molar-refractivity contribution is 4.97. The minimum absolute atomic E-state index is 0.687. The SMILES string of the molecule is CNCCN(C)C1C=CCCC1. The number of rotatable bonds is 4. The van der Waals surface area contributed by atoms with Crippen molar-refractivity contribution in [2.45, 2.75) is 25.3 Å². The van der Waals surface area contributed by atoms with Crippen LogP contribution < -0.4 is 5.32 Å². The molecular formula is C10H20N2. The molecule has 2 heteroatoms. The molecule has 0 fully saturated rings. The quantitative estimate of drug-likeness (QED) is 0.635. The number of nitrogens with one attached hydrogen (secondary N) is 1. The Labute approximate surface area is 75.6 Å². The molecule has 0 spiro atoms. The fourth-order valence-corrected chi connectivity index (χ4v) is 1.62. The van der Waals surface area contributed by atoms with Gasteiger partial charge in [-0.05, 0) is 33.4 Å². The summed E-state index contributed by atoms with van der Waals surface area (Å²) in [5.74, 6) is 0. The van der Waals surface area contributed by atoms with E-state index in [0.717, 1.165) is 13.1 Å². The molecule has 1 aliphatic carbocycles. The van der Waals surface area contributed by atoms with Gasteiger partial charge < -0.3 is 5.32 Å². The first kappa shape index (κ1) is 9.75. The van der Waals surface area contributed by atoms with E-state index in [1.807, 2.05) is 7.05 Å². The Morgan fingerprint density at radius 3 is 3.00 bits per heavy atom. The summed E-state index contributed by atoms with van der Waals surface area (Å²) < 4.78 is 0. The standard InChI is InChI=1S/C10H20N2/c1-11-8-9-12(2)10-6-4-3-5-7-10/h4,6,10-11H,3,5,7-9H2,1-2H3. The summed E-state index contributed by atoms with van der Waals surface area (Å²) >= 11 is 0. The van der Waals surface area contributed by atoms with Crippen LogP contribution in [0.1, 0.15) is 19.3 Å². The maximum Gasteiger partial charge on any atom is 0.0275 e. The van der Waals surface area contributed by atoms with Crippen LogP contribution in [0.3, 0.4) is 0 Å². The normalized spacial score (nSPS) is 23.4. The molecule has 0 bridgehead atoms. The molecule has 12 heavy (non-hydrogen) atoms. The molecule has 1 rings (SSSR count).